The molecule has 0 spiro atoms. The predicted molar refractivity (Wildman–Crippen MR) is 80.8 cm³/mol. The Labute approximate surface area is 129 Å². The van der Waals surface area contributed by atoms with Gasteiger partial charge in [0.25, 0.3) is 5.91 Å². The van der Waals surface area contributed by atoms with Crippen LogP contribution in [0.4, 0.5) is 0 Å². The van der Waals surface area contributed by atoms with Gasteiger partial charge in [0.15, 0.2) is 6.61 Å². The van der Waals surface area contributed by atoms with E-state index in [9.17, 15) is 9.59 Å². The molecule has 0 aromatic heterocycles. The van der Waals surface area contributed by atoms with Gasteiger partial charge >= 0.3 is 5.97 Å². The first-order valence-electron chi connectivity index (χ1n) is 6.85. The lowest BCUT2D eigenvalue weighted by molar-refractivity contribution is -0.142. The number of carbonyl (C=O) groups excluding carboxylic acids is 1. The van der Waals surface area contributed by atoms with Gasteiger partial charge in [-0.05, 0) is 37.1 Å². The van der Waals surface area contributed by atoms with Gasteiger partial charge < -0.3 is 15.2 Å². The molecule has 0 radical (unpaired) electrons. The average Bonchev–Trinajstić information content (AvgIpc) is 2.44. The maximum Gasteiger partial charge on any atom is 0.326 e. The Kier molecular flexibility index (Phi) is 7.02. The van der Waals surface area contributed by atoms with Crippen molar-refractivity contribution in [2.24, 2.45) is 0 Å². The van der Waals surface area contributed by atoms with Crippen LogP contribution in [-0.4, -0.2) is 29.6 Å². The van der Waals surface area contributed by atoms with E-state index in [0.717, 1.165) is 18.4 Å². The molecular formula is C15H20ClNO4. The molecule has 1 unspecified atom stereocenters. The number of carbonyl (C=O) groups is 2. The van der Waals surface area contributed by atoms with Crippen LogP contribution in [0.1, 0.15) is 31.7 Å². The van der Waals surface area contributed by atoms with Gasteiger partial charge in [-0.25, -0.2) is 4.79 Å². The number of ether oxygens (including phenoxy) is 1. The second-order valence-corrected chi connectivity index (χ2v) is 5.21. The number of benzene rings is 1. The minimum Gasteiger partial charge on any atom is -0.484 e. The van der Waals surface area contributed by atoms with Gasteiger partial charge in [-0.2, -0.15) is 0 Å². The molecule has 0 saturated heterocycles. The molecule has 0 aliphatic heterocycles. The Balaban J connectivity index is 2.48. The Morgan fingerprint density at radius 3 is 2.71 bits per heavy atom. The van der Waals surface area contributed by atoms with Gasteiger partial charge in [-0.3, -0.25) is 4.79 Å². The Morgan fingerprint density at radius 2 is 2.14 bits per heavy atom. The summed E-state index contributed by atoms with van der Waals surface area (Å²) in [4.78, 5) is 22.7. The number of aryl methyl sites for hydroxylation is 1. The van der Waals surface area contributed by atoms with E-state index < -0.39 is 17.9 Å². The maximum absolute atomic E-state index is 11.7. The summed E-state index contributed by atoms with van der Waals surface area (Å²) in [5, 5.41) is 12.1. The van der Waals surface area contributed by atoms with Crippen molar-refractivity contribution < 1.29 is 19.4 Å². The fourth-order valence-corrected chi connectivity index (χ4v) is 1.88. The zero-order valence-electron chi connectivity index (χ0n) is 12.2. The fraction of sp³-hybridized carbons (Fsp3) is 0.467. The summed E-state index contributed by atoms with van der Waals surface area (Å²) in [5.74, 6) is -0.960. The molecule has 5 nitrogen and oxygen atoms in total. The van der Waals surface area contributed by atoms with Crippen LogP contribution in [0.3, 0.4) is 0 Å². The van der Waals surface area contributed by atoms with Gasteiger partial charge in [0.1, 0.15) is 11.8 Å². The summed E-state index contributed by atoms with van der Waals surface area (Å²) in [7, 11) is 0. The Hall–Kier alpha value is -1.75. The third kappa shape index (κ3) is 6.04. The SMILES string of the molecule is CCCCC(NC(=O)COc1ccc(Cl)c(C)c1)C(=O)O. The van der Waals surface area contributed by atoms with Crippen molar-refractivity contribution in [1.82, 2.24) is 5.32 Å². The molecule has 1 amide bonds. The summed E-state index contributed by atoms with van der Waals surface area (Å²) < 4.78 is 5.33. The molecule has 116 valence electrons. The van der Waals surface area contributed by atoms with E-state index in [1.165, 1.54) is 0 Å². The normalized spacial score (nSPS) is 11.8. The first-order valence-corrected chi connectivity index (χ1v) is 7.23. The number of nitrogens with one attached hydrogen (secondary N) is 1. The molecule has 0 aliphatic carbocycles. The first kappa shape index (κ1) is 17.3. The molecule has 1 rings (SSSR count). The number of carboxylic acids is 1. The van der Waals surface area contributed by atoms with Crippen LogP contribution in [0.5, 0.6) is 5.75 Å². The lowest BCUT2D eigenvalue weighted by Crippen LogP contribution is -2.42. The minimum atomic E-state index is -1.03. The van der Waals surface area contributed by atoms with Crippen LogP contribution in [0.2, 0.25) is 5.02 Å². The summed E-state index contributed by atoms with van der Waals surface area (Å²) >= 11 is 5.90. The summed E-state index contributed by atoms with van der Waals surface area (Å²) in [5.41, 5.74) is 0.848. The second kappa shape index (κ2) is 8.52. The van der Waals surface area contributed by atoms with E-state index >= 15 is 0 Å². The van der Waals surface area contributed by atoms with Crippen LogP contribution in [0.25, 0.3) is 0 Å². The van der Waals surface area contributed by atoms with E-state index in [4.69, 9.17) is 21.4 Å². The van der Waals surface area contributed by atoms with E-state index in [-0.39, 0.29) is 6.61 Å². The largest absolute Gasteiger partial charge is 0.484 e. The highest BCUT2D eigenvalue weighted by molar-refractivity contribution is 6.31. The average molecular weight is 314 g/mol. The summed E-state index contributed by atoms with van der Waals surface area (Å²) in [6.45, 7) is 3.57. The van der Waals surface area contributed by atoms with Crippen molar-refractivity contribution >= 4 is 23.5 Å². The molecular weight excluding hydrogens is 294 g/mol. The standard InChI is InChI=1S/C15H20ClNO4/c1-3-4-5-13(15(19)20)17-14(18)9-21-11-6-7-12(16)10(2)8-11/h6-8,13H,3-5,9H2,1-2H3,(H,17,18)(H,19,20). The Bertz CT molecular complexity index is 504. The molecule has 1 atom stereocenters. The van der Waals surface area contributed by atoms with Crippen LogP contribution in [0, 0.1) is 6.92 Å². The number of amides is 1. The van der Waals surface area contributed by atoms with Crippen LogP contribution >= 0.6 is 11.6 Å². The van der Waals surface area contributed by atoms with Gasteiger partial charge in [-0.1, -0.05) is 31.4 Å². The number of rotatable bonds is 8. The maximum atomic E-state index is 11.7. The molecule has 1 aromatic rings. The van der Waals surface area contributed by atoms with Crippen LogP contribution in [0.15, 0.2) is 18.2 Å². The topological polar surface area (TPSA) is 75.6 Å². The van der Waals surface area contributed by atoms with Crippen LogP contribution < -0.4 is 10.1 Å². The number of hydrogen-bond acceptors (Lipinski definition) is 3. The molecule has 0 fully saturated rings. The van der Waals surface area contributed by atoms with Gasteiger partial charge in [0.05, 0.1) is 0 Å². The van der Waals surface area contributed by atoms with E-state index in [1.54, 1.807) is 18.2 Å². The van der Waals surface area contributed by atoms with Gasteiger partial charge in [-0.15, -0.1) is 0 Å². The highest BCUT2D eigenvalue weighted by atomic mass is 35.5. The molecule has 1 aromatic carbocycles. The molecule has 0 aliphatic rings. The van der Waals surface area contributed by atoms with Crippen molar-refractivity contribution in [2.75, 3.05) is 6.61 Å². The quantitative estimate of drug-likeness (QED) is 0.774. The van der Waals surface area contributed by atoms with Crippen molar-refractivity contribution in [3.63, 3.8) is 0 Å². The van der Waals surface area contributed by atoms with Crippen molar-refractivity contribution in [1.29, 1.82) is 0 Å². The monoisotopic (exact) mass is 313 g/mol. The molecule has 0 heterocycles. The summed E-state index contributed by atoms with van der Waals surface area (Å²) in [6, 6.07) is 4.20. The smallest absolute Gasteiger partial charge is 0.326 e. The number of carboxylic acid groups (broad SMARTS) is 1. The van der Waals surface area contributed by atoms with Gasteiger partial charge in [0, 0.05) is 5.02 Å². The third-order valence-corrected chi connectivity index (χ3v) is 3.40. The molecule has 0 saturated carbocycles. The molecule has 0 bridgehead atoms. The van der Waals surface area contributed by atoms with Crippen LogP contribution in [-0.2, 0) is 9.59 Å². The zero-order valence-corrected chi connectivity index (χ0v) is 12.9. The minimum absolute atomic E-state index is 0.225. The fourth-order valence-electron chi connectivity index (χ4n) is 1.76. The molecule has 21 heavy (non-hydrogen) atoms. The van der Waals surface area contributed by atoms with Gasteiger partial charge in [0.2, 0.25) is 0 Å². The second-order valence-electron chi connectivity index (χ2n) is 4.80. The summed E-state index contributed by atoms with van der Waals surface area (Å²) in [6.07, 6.45) is 2.03. The first-order chi connectivity index (χ1) is 9.93. The lowest BCUT2D eigenvalue weighted by atomic mass is 10.1. The number of unbranched alkanes of at least 4 members (excludes halogenated alkanes) is 1. The zero-order chi connectivity index (χ0) is 15.8. The highest BCUT2D eigenvalue weighted by Crippen LogP contribution is 2.20. The molecule has 6 heteroatoms. The Morgan fingerprint density at radius 1 is 1.43 bits per heavy atom. The predicted octanol–water partition coefficient (Wildman–Crippen LogP) is 2.79. The number of halogens is 1. The van der Waals surface area contributed by atoms with Crippen molar-refractivity contribution in [3.05, 3.63) is 28.8 Å². The third-order valence-electron chi connectivity index (χ3n) is 2.98. The van der Waals surface area contributed by atoms with E-state index in [0.29, 0.717) is 17.2 Å². The number of hydrogen-bond donors (Lipinski definition) is 2. The van der Waals surface area contributed by atoms with Crippen molar-refractivity contribution in [3.8, 4) is 5.75 Å². The molecule has 2 N–H and O–H groups in total. The van der Waals surface area contributed by atoms with Crippen molar-refractivity contribution in [2.45, 2.75) is 39.2 Å². The highest BCUT2D eigenvalue weighted by Gasteiger charge is 2.19. The lowest BCUT2D eigenvalue weighted by Gasteiger charge is -2.14. The van der Waals surface area contributed by atoms with E-state index in [1.807, 2.05) is 13.8 Å². The van der Waals surface area contributed by atoms with E-state index in [2.05, 4.69) is 5.32 Å². The number of aliphatic carboxylic acids is 1.